The van der Waals surface area contributed by atoms with Gasteiger partial charge >= 0.3 is 0 Å². The standard InChI is InChI=1S/C23H31NO3/c1-20(2)26-19-12-18-16-6-5-14-11-15(25)7-9-21(14,3)17(16)8-10-22(18,4)23(19,13-24)27-20/h11,16-19H,5-10,12H2,1-4H3. The maximum Gasteiger partial charge on any atom is 0.189 e. The summed E-state index contributed by atoms with van der Waals surface area (Å²) in [5, 5.41) is 10.2. The van der Waals surface area contributed by atoms with Crippen LogP contribution in [0.15, 0.2) is 11.6 Å². The lowest BCUT2D eigenvalue weighted by molar-refractivity contribution is -0.200. The first kappa shape index (κ1) is 17.9. The van der Waals surface area contributed by atoms with Crippen molar-refractivity contribution in [3.63, 3.8) is 0 Å². The fourth-order valence-electron chi connectivity index (χ4n) is 7.83. The highest BCUT2D eigenvalue weighted by Gasteiger charge is 2.73. The van der Waals surface area contributed by atoms with Gasteiger partial charge in [-0.15, -0.1) is 0 Å². The summed E-state index contributed by atoms with van der Waals surface area (Å²) in [7, 11) is 0. The summed E-state index contributed by atoms with van der Waals surface area (Å²) < 4.78 is 12.6. The van der Waals surface area contributed by atoms with Gasteiger partial charge < -0.3 is 9.47 Å². The predicted molar refractivity (Wildman–Crippen MR) is 100 cm³/mol. The SMILES string of the molecule is CC1(C)OC2CC3C4CCC5=CC(=O)CCC5(C)C4CCC3(C)C2(C#N)O1. The molecule has 146 valence electrons. The third-order valence-electron chi connectivity index (χ3n) is 9.12. The molecule has 1 aliphatic heterocycles. The number of hydrogen-bond donors (Lipinski definition) is 0. The Hall–Kier alpha value is -1.18. The third kappa shape index (κ3) is 2.08. The van der Waals surface area contributed by atoms with E-state index in [9.17, 15) is 10.1 Å². The summed E-state index contributed by atoms with van der Waals surface area (Å²) >= 11 is 0. The lowest BCUT2D eigenvalue weighted by atomic mass is 9.46. The van der Waals surface area contributed by atoms with Gasteiger partial charge in [0.2, 0.25) is 0 Å². The summed E-state index contributed by atoms with van der Waals surface area (Å²) in [4.78, 5) is 12.0. The number of nitriles is 1. The molecule has 5 aliphatic rings. The van der Waals surface area contributed by atoms with Crippen molar-refractivity contribution < 1.29 is 14.3 Å². The second kappa shape index (κ2) is 5.24. The minimum absolute atomic E-state index is 0.121. The molecule has 4 nitrogen and oxygen atoms in total. The molecule has 7 atom stereocenters. The highest BCUT2D eigenvalue weighted by atomic mass is 16.8. The Balaban J connectivity index is 1.52. The van der Waals surface area contributed by atoms with Gasteiger partial charge in [0.1, 0.15) is 12.2 Å². The smallest absolute Gasteiger partial charge is 0.189 e. The summed E-state index contributed by atoms with van der Waals surface area (Å²) in [6.45, 7) is 8.56. The molecule has 7 unspecified atom stereocenters. The van der Waals surface area contributed by atoms with Gasteiger partial charge in [0.05, 0.1) is 0 Å². The molecule has 4 heteroatoms. The number of ether oxygens (including phenoxy) is 2. The Kier molecular flexibility index (Phi) is 3.47. The number of fused-ring (bicyclic) bond motifs is 7. The van der Waals surface area contributed by atoms with E-state index in [1.165, 1.54) is 5.57 Å². The van der Waals surface area contributed by atoms with E-state index in [4.69, 9.17) is 9.47 Å². The van der Waals surface area contributed by atoms with Crippen LogP contribution in [0, 0.1) is 39.9 Å². The average molecular weight is 370 g/mol. The van der Waals surface area contributed by atoms with Crippen molar-refractivity contribution in [2.75, 3.05) is 0 Å². The third-order valence-corrected chi connectivity index (χ3v) is 9.12. The van der Waals surface area contributed by atoms with Crippen molar-refractivity contribution in [3.05, 3.63) is 11.6 Å². The molecule has 4 aliphatic carbocycles. The topological polar surface area (TPSA) is 59.3 Å². The minimum Gasteiger partial charge on any atom is -0.343 e. The highest BCUT2D eigenvalue weighted by molar-refractivity contribution is 5.91. The summed E-state index contributed by atoms with van der Waals surface area (Å²) in [6.07, 6.45) is 8.77. The zero-order valence-electron chi connectivity index (χ0n) is 17.0. The maximum atomic E-state index is 12.0. The van der Waals surface area contributed by atoms with Crippen LogP contribution in [-0.4, -0.2) is 23.3 Å². The fraction of sp³-hybridized carbons (Fsp3) is 0.826. The molecular weight excluding hydrogens is 338 g/mol. The lowest BCUT2D eigenvalue weighted by Crippen LogP contribution is -2.56. The van der Waals surface area contributed by atoms with E-state index in [1.807, 2.05) is 19.9 Å². The maximum absolute atomic E-state index is 12.0. The molecule has 1 heterocycles. The normalized spacial score (nSPS) is 52.9. The molecule has 0 aromatic rings. The minimum atomic E-state index is -0.814. The Labute approximate surface area is 162 Å². The highest BCUT2D eigenvalue weighted by Crippen LogP contribution is 2.70. The molecule has 0 amide bonds. The second-order valence-corrected chi connectivity index (χ2v) is 10.6. The van der Waals surface area contributed by atoms with E-state index in [0.29, 0.717) is 30.0 Å². The summed E-state index contributed by atoms with van der Waals surface area (Å²) in [6, 6.07) is 2.60. The Morgan fingerprint density at radius 3 is 2.63 bits per heavy atom. The molecule has 0 aromatic carbocycles. The lowest BCUT2D eigenvalue weighted by Gasteiger charge is -2.58. The van der Waals surface area contributed by atoms with Gasteiger partial charge in [-0.25, -0.2) is 0 Å². The molecule has 0 radical (unpaired) electrons. The summed E-state index contributed by atoms with van der Waals surface area (Å²) in [5.74, 6) is 1.32. The van der Waals surface area contributed by atoms with Crippen LogP contribution in [0.1, 0.15) is 72.6 Å². The molecule has 5 rings (SSSR count). The molecule has 0 spiro atoms. The number of nitrogens with zero attached hydrogens (tertiary/aromatic N) is 1. The van der Waals surface area contributed by atoms with Gasteiger partial charge in [-0.2, -0.15) is 5.26 Å². The molecule has 0 N–H and O–H groups in total. The molecular formula is C23H31NO3. The first-order valence-electron chi connectivity index (χ1n) is 10.7. The number of carbonyl (C=O) groups is 1. The van der Waals surface area contributed by atoms with Crippen LogP contribution in [0.2, 0.25) is 0 Å². The van der Waals surface area contributed by atoms with Crippen LogP contribution in [0.4, 0.5) is 0 Å². The molecule has 0 aromatic heterocycles. The first-order valence-corrected chi connectivity index (χ1v) is 10.7. The van der Waals surface area contributed by atoms with Gasteiger partial charge in [-0.1, -0.05) is 19.4 Å². The van der Waals surface area contributed by atoms with E-state index in [-0.39, 0.29) is 16.9 Å². The Bertz CT molecular complexity index is 779. The number of hydrogen-bond acceptors (Lipinski definition) is 4. The van der Waals surface area contributed by atoms with E-state index in [2.05, 4.69) is 19.9 Å². The number of rotatable bonds is 0. The van der Waals surface area contributed by atoms with Crippen LogP contribution in [0.3, 0.4) is 0 Å². The van der Waals surface area contributed by atoms with E-state index < -0.39 is 11.4 Å². The van der Waals surface area contributed by atoms with E-state index in [0.717, 1.165) is 38.5 Å². The van der Waals surface area contributed by atoms with Crippen LogP contribution >= 0.6 is 0 Å². The quantitative estimate of drug-likeness (QED) is 0.629. The zero-order valence-corrected chi connectivity index (χ0v) is 17.0. The Morgan fingerprint density at radius 1 is 1.11 bits per heavy atom. The monoisotopic (exact) mass is 369 g/mol. The number of allylic oxidation sites excluding steroid dienone is 1. The second-order valence-electron chi connectivity index (χ2n) is 10.6. The van der Waals surface area contributed by atoms with Crippen molar-refractivity contribution in [1.29, 1.82) is 5.26 Å². The number of carbonyl (C=O) groups excluding carboxylic acids is 1. The Morgan fingerprint density at radius 2 is 1.89 bits per heavy atom. The van der Waals surface area contributed by atoms with Gasteiger partial charge in [0.25, 0.3) is 0 Å². The van der Waals surface area contributed by atoms with Crippen molar-refractivity contribution in [3.8, 4) is 6.07 Å². The van der Waals surface area contributed by atoms with Gasteiger partial charge in [0.15, 0.2) is 17.2 Å². The van der Waals surface area contributed by atoms with Crippen molar-refractivity contribution in [2.24, 2.45) is 28.6 Å². The van der Waals surface area contributed by atoms with Crippen LogP contribution < -0.4 is 0 Å². The zero-order chi connectivity index (χ0) is 19.2. The first-order chi connectivity index (χ1) is 12.7. The molecule has 3 saturated carbocycles. The largest absolute Gasteiger partial charge is 0.343 e. The van der Waals surface area contributed by atoms with Crippen molar-refractivity contribution in [2.45, 2.75) is 90.1 Å². The van der Waals surface area contributed by atoms with Crippen molar-refractivity contribution >= 4 is 5.78 Å². The number of ketones is 1. The fourth-order valence-corrected chi connectivity index (χ4v) is 7.83. The van der Waals surface area contributed by atoms with Crippen molar-refractivity contribution in [1.82, 2.24) is 0 Å². The van der Waals surface area contributed by atoms with Crippen LogP contribution in [-0.2, 0) is 14.3 Å². The average Bonchev–Trinajstić information content (AvgIpc) is 3.01. The molecule has 4 fully saturated rings. The summed E-state index contributed by atoms with van der Waals surface area (Å²) in [5.41, 5.74) is 0.594. The molecule has 0 bridgehead atoms. The predicted octanol–water partition coefficient (Wildman–Crippen LogP) is 4.54. The van der Waals surface area contributed by atoms with Crippen LogP contribution in [0.25, 0.3) is 0 Å². The molecule has 27 heavy (non-hydrogen) atoms. The van der Waals surface area contributed by atoms with Crippen LogP contribution in [0.5, 0.6) is 0 Å². The van der Waals surface area contributed by atoms with E-state index >= 15 is 0 Å². The van der Waals surface area contributed by atoms with E-state index in [1.54, 1.807) is 0 Å². The van der Waals surface area contributed by atoms with Gasteiger partial charge in [0, 0.05) is 11.8 Å². The van der Waals surface area contributed by atoms with Gasteiger partial charge in [-0.3, -0.25) is 4.79 Å². The van der Waals surface area contributed by atoms with Gasteiger partial charge in [-0.05, 0) is 81.6 Å². The molecule has 1 saturated heterocycles.